The first-order valence-electron chi connectivity index (χ1n) is 11.1. The van der Waals surface area contributed by atoms with E-state index in [1.54, 1.807) is 18.0 Å². The quantitative estimate of drug-likeness (QED) is 0.609. The van der Waals surface area contributed by atoms with Gasteiger partial charge in [0.05, 0.1) is 24.1 Å². The van der Waals surface area contributed by atoms with Gasteiger partial charge in [0.1, 0.15) is 17.2 Å². The van der Waals surface area contributed by atoms with Gasteiger partial charge in [0.2, 0.25) is 0 Å². The second-order valence-electron chi connectivity index (χ2n) is 8.51. The molecular formula is C25H27F2N3O4. The van der Waals surface area contributed by atoms with Crippen LogP contribution in [0.25, 0.3) is 11.0 Å². The summed E-state index contributed by atoms with van der Waals surface area (Å²) in [4.78, 5) is 29.2. The Hall–Kier alpha value is -3.46. The Bertz CT molecular complexity index is 1270. The summed E-state index contributed by atoms with van der Waals surface area (Å²) in [5.41, 5.74) is 1.18. The van der Waals surface area contributed by atoms with E-state index < -0.39 is 17.7 Å². The fourth-order valence-corrected chi connectivity index (χ4v) is 4.21. The molecule has 0 radical (unpaired) electrons. The highest BCUT2D eigenvalue weighted by Gasteiger charge is 2.24. The van der Waals surface area contributed by atoms with Crippen molar-refractivity contribution in [3.05, 3.63) is 69.4 Å². The van der Waals surface area contributed by atoms with Crippen molar-refractivity contribution in [1.82, 2.24) is 5.32 Å². The number of fused-ring (bicyclic) bond motifs is 1. The Morgan fingerprint density at radius 1 is 1.18 bits per heavy atom. The number of amides is 1. The molecule has 7 nitrogen and oxygen atoms in total. The van der Waals surface area contributed by atoms with Crippen molar-refractivity contribution in [1.29, 1.82) is 0 Å². The smallest absolute Gasteiger partial charge is 0.251 e. The SMILES string of the molecule is CNC(=O)c1cc(C(C)N(C)c2cc(F)cc(F)c2)c2oc(N3CCO[C@H](C)C3)cc(=O)c2c1. The molecule has 1 saturated heterocycles. The summed E-state index contributed by atoms with van der Waals surface area (Å²) in [5.74, 6) is -1.35. The number of rotatable bonds is 5. The lowest BCUT2D eigenvalue weighted by molar-refractivity contribution is 0.0517. The van der Waals surface area contributed by atoms with E-state index >= 15 is 0 Å². The fourth-order valence-electron chi connectivity index (χ4n) is 4.21. The molecule has 1 fully saturated rings. The molecule has 4 rings (SSSR count). The summed E-state index contributed by atoms with van der Waals surface area (Å²) in [7, 11) is 3.19. The molecule has 2 heterocycles. The highest BCUT2D eigenvalue weighted by Crippen LogP contribution is 2.33. The Morgan fingerprint density at radius 2 is 1.88 bits per heavy atom. The predicted molar refractivity (Wildman–Crippen MR) is 127 cm³/mol. The second kappa shape index (κ2) is 9.42. The standard InChI is InChI=1S/C25H27F2N3O4/c1-14-13-30(5-6-33-14)23-12-22(31)21-8-16(25(32)28-3)7-20(24(21)34-23)15(2)29(4)19-10-17(26)9-18(27)11-19/h7-12,14-15H,5-6,13H2,1-4H3,(H,28,32)/t14-,15?/m1/s1. The first kappa shape index (κ1) is 23.7. The molecule has 34 heavy (non-hydrogen) atoms. The summed E-state index contributed by atoms with van der Waals surface area (Å²) in [6.45, 7) is 5.41. The molecule has 180 valence electrons. The van der Waals surface area contributed by atoms with E-state index in [1.165, 1.54) is 31.3 Å². The Kier molecular flexibility index (Phi) is 6.56. The molecule has 0 saturated carbocycles. The van der Waals surface area contributed by atoms with Crippen LogP contribution in [-0.2, 0) is 4.74 Å². The molecule has 1 N–H and O–H groups in total. The summed E-state index contributed by atoms with van der Waals surface area (Å²) in [6, 6.07) is 7.33. The van der Waals surface area contributed by atoms with Crippen molar-refractivity contribution < 1.29 is 22.7 Å². The van der Waals surface area contributed by atoms with Crippen LogP contribution in [0.15, 0.2) is 45.6 Å². The minimum Gasteiger partial charge on any atom is -0.440 e. The molecule has 2 aromatic carbocycles. The molecule has 1 aliphatic heterocycles. The maximum absolute atomic E-state index is 13.9. The topological polar surface area (TPSA) is 75.0 Å². The van der Waals surface area contributed by atoms with Crippen molar-refractivity contribution in [3.8, 4) is 0 Å². The highest BCUT2D eigenvalue weighted by molar-refractivity contribution is 5.98. The lowest BCUT2D eigenvalue weighted by atomic mass is 9.99. The van der Waals surface area contributed by atoms with E-state index in [2.05, 4.69) is 5.32 Å². The number of halogens is 2. The van der Waals surface area contributed by atoms with Gasteiger partial charge in [-0.15, -0.1) is 0 Å². The second-order valence-corrected chi connectivity index (χ2v) is 8.51. The average Bonchev–Trinajstić information content (AvgIpc) is 2.81. The van der Waals surface area contributed by atoms with Gasteiger partial charge < -0.3 is 24.3 Å². The van der Waals surface area contributed by atoms with Crippen molar-refractivity contribution >= 4 is 28.4 Å². The van der Waals surface area contributed by atoms with Crippen LogP contribution in [0.4, 0.5) is 20.4 Å². The summed E-state index contributed by atoms with van der Waals surface area (Å²) >= 11 is 0. The molecular weight excluding hydrogens is 444 g/mol. The third kappa shape index (κ3) is 4.61. The summed E-state index contributed by atoms with van der Waals surface area (Å²) < 4.78 is 39.6. The highest BCUT2D eigenvalue weighted by atomic mass is 19.1. The lowest BCUT2D eigenvalue weighted by Gasteiger charge is -2.32. The van der Waals surface area contributed by atoms with Crippen LogP contribution in [0.3, 0.4) is 0 Å². The minimum absolute atomic E-state index is 0.0159. The van der Waals surface area contributed by atoms with E-state index in [4.69, 9.17) is 9.15 Å². The monoisotopic (exact) mass is 471 g/mol. The van der Waals surface area contributed by atoms with Crippen LogP contribution in [0.5, 0.6) is 0 Å². The van der Waals surface area contributed by atoms with Crippen molar-refractivity contribution in [3.63, 3.8) is 0 Å². The molecule has 9 heteroatoms. The van der Waals surface area contributed by atoms with E-state index in [0.717, 1.165) is 6.07 Å². The number of nitrogens with zero attached hydrogens (tertiary/aromatic N) is 2. The van der Waals surface area contributed by atoms with Gasteiger partial charge in [0.15, 0.2) is 11.3 Å². The Morgan fingerprint density at radius 3 is 2.53 bits per heavy atom. The van der Waals surface area contributed by atoms with Crippen LogP contribution in [0, 0.1) is 11.6 Å². The number of ether oxygens (including phenoxy) is 1. The van der Waals surface area contributed by atoms with Crippen LogP contribution >= 0.6 is 0 Å². The van der Waals surface area contributed by atoms with Gasteiger partial charge in [-0.1, -0.05) is 0 Å². The van der Waals surface area contributed by atoms with Crippen molar-refractivity contribution in [2.24, 2.45) is 0 Å². The number of morpholine rings is 1. The van der Waals surface area contributed by atoms with E-state index in [0.29, 0.717) is 42.4 Å². The Labute approximate surface area is 195 Å². The predicted octanol–water partition coefficient (Wildman–Crippen LogP) is 3.85. The molecule has 2 atom stereocenters. The molecule has 1 aromatic heterocycles. The number of benzene rings is 2. The van der Waals surface area contributed by atoms with Crippen LogP contribution in [0.1, 0.15) is 35.8 Å². The Balaban J connectivity index is 1.88. The third-order valence-electron chi connectivity index (χ3n) is 6.17. The van der Waals surface area contributed by atoms with Gasteiger partial charge >= 0.3 is 0 Å². The fraction of sp³-hybridized carbons (Fsp3) is 0.360. The zero-order valence-corrected chi connectivity index (χ0v) is 19.5. The average molecular weight is 472 g/mol. The third-order valence-corrected chi connectivity index (χ3v) is 6.17. The number of hydrogen-bond donors (Lipinski definition) is 1. The molecule has 0 aliphatic carbocycles. The molecule has 1 unspecified atom stereocenters. The van der Waals surface area contributed by atoms with Gasteiger partial charge in [0, 0.05) is 56.1 Å². The minimum atomic E-state index is -0.701. The van der Waals surface area contributed by atoms with E-state index in [1.807, 2.05) is 18.7 Å². The maximum Gasteiger partial charge on any atom is 0.251 e. The van der Waals surface area contributed by atoms with E-state index in [-0.39, 0.29) is 28.4 Å². The van der Waals surface area contributed by atoms with Crippen LogP contribution < -0.4 is 20.5 Å². The maximum atomic E-state index is 13.9. The molecule has 1 aliphatic rings. The lowest BCUT2D eigenvalue weighted by Crippen LogP contribution is -2.41. The molecule has 0 bridgehead atoms. The normalized spacial score (nSPS) is 17.0. The van der Waals surface area contributed by atoms with Crippen LogP contribution in [0.2, 0.25) is 0 Å². The number of carbonyl (C=O) groups is 1. The van der Waals surface area contributed by atoms with Gasteiger partial charge in [-0.2, -0.15) is 0 Å². The van der Waals surface area contributed by atoms with Gasteiger partial charge in [0.25, 0.3) is 5.91 Å². The summed E-state index contributed by atoms with van der Waals surface area (Å²) in [5, 5.41) is 2.83. The summed E-state index contributed by atoms with van der Waals surface area (Å²) in [6.07, 6.45) is -0.0159. The van der Waals surface area contributed by atoms with E-state index in [9.17, 15) is 18.4 Å². The number of nitrogens with one attached hydrogen (secondary N) is 1. The first-order chi connectivity index (χ1) is 16.2. The first-order valence-corrected chi connectivity index (χ1v) is 11.1. The van der Waals surface area contributed by atoms with Crippen molar-refractivity contribution in [2.45, 2.75) is 26.0 Å². The number of carbonyl (C=O) groups excluding carboxylic acids is 1. The zero-order valence-electron chi connectivity index (χ0n) is 19.5. The number of hydrogen-bond acceptors (Lipinski definition) is 6. The molecule has 3 aromatic rings. The van der Waals surface area contributed by atoms with Gasteiger partial charge in [-0.25, -0.2) is 8.78 Å². The molecule has 1 amide bonds. The largest absolute Gasteiger partial charge is 0.440 e. The van der Waals surface area contributed by atoms with Crippen LogP contribution in [-0.4, -0.2) is 45.8 Å². The zero-order chi connectivity index (χ0) is 24.6. The van der Waals surface area contributed by atoms with Gasteiger partial charge in [-0.3, -0.25) is 9.59 Å². The number of anilines is 2. The van der Waals surface area contributed by atoms with Gasteiger partial charge in [-0.05, 0) is 38.1 Å². The van der Waals surface area contributed by atoms with Crippen molar-refractivity contribution in [2.75, 3.05) is 43.6 Å². The molecule has 0 spiro atoms.